The van der Waals surface area contributed by atoms with Crippen molar-refractivity contribution >= 4 is 30.1 Å². The van der Waals surface area contributed by atoms with Crippen LogP contribution in [0.5, 0.6) is 0 Å². The Morgan fingerprint density at radius 1 is 1.70 bits per heavy atom. The maximum atomic E-state index is 6.16. The normalized spacial score (nSPS) is 19.6. The highest BCUT2D eigenvalue weighted by Crippen LogP contribution is 2.22. The van der Waals surface area contributed by atoms with Crippen LogP contribution < -0.4 is 0 Å². The molecule has 3 heteroatoms. The van der Waals surface area contributed by atoms with Gasteiger partial charge in [0.2, 0.25) is 0 Å². The first kappa shape index (κ1) is 10.5. The third kappa shape index (κ3) is 4.37. The Bertz CT molecular complexity index is 112. The van der Waals surface area contributed by atoms with Crippen molar-refractivity contribution in [2.45, 2.75) is 19.5 Å². The van der Waals surface area contributed by atoms with Crippen molar-refractivity contribution in [3.63, 3.8) is 0 Å². The quantitative estimate of drug-likeness (QED) is 0.368. The highest BCUT2D eigenvalue weighted by Gasteiger charge is 2.22. The van der Waals surface area contributed by atoms with E-state index in [2.05, 4.69) is 20.0 Å². The number of hydrogen-bond acceptors (Lipinski definition) is 0. The number of rotatable bonds is 4. The molecule has 0 aliphatic rings. The van der Waals surface area contributed by atoms with Crippen LogP contribution in [0.2, 0.25) is 12.6 Å². The molecule has 0 aromatic heterocycles. The van der Waals surface area contributed by atoms with Gasteiger partial charge in [-0.2, -0.15) is 11.1 Å². The van der Waals surface area contributed by atoms with Crippen molar-refractivity contribution in [1.29, 1.82) is 0 Å². The molecular formula is C7H14Cl2Si. The molecule has 0 aromatic carbocycles. The van der Waals surface area contributed by atoms with E-state index >= 15 is 0 Å². The van der Waals surface area contributed by atoms with Gasteiger partial charge in [0.05, 0.1) is 0 Å². The average Bonchev–Trinajstić information content (AvgIpc) is 1.87. The molecule has 0 amide bonds. The van der Waals surface area contributed by atoms with Gasteiger partial charge in [-0.05, 0) is 12.0 Å². The molecule has 0 heterocycles. The van der Waals surface area contributed by atoms with Crippen LogP contribution in [0, 0.1) is 5.92 Å². The number of alkyl halides is 1. The maximum Gasteiger partial charge on any atom is 0.176 e. The van der Waals surface area contributed by atoms with Crippen LogP contribution >= 0.6 is 22.7 Å². The predicted octanol–water partition coefficient (Wildman–Crippen LogP) is 3.40. The summed E-state index contributed by atoms with van der Waals surface area (Å²) in [4.78, 5) is 0. The maximum absolute atomic E-state index is 6.16. The summed E-state index contributed by atoms with van der Waals surface area (Å²) in [7, 11) is -1.61. The third-order valence-electron chi connectivity index (χ3n) is 1.44. The largest absolute Gasteiger partial charge is 0.176 e. The van der Waals surface area contributed by atoms with Crippen LogP contribution in [0.4, 0.5) is 0 Å². The van der Waals surface area contributed by atoms with Gasteiger partial charge in [-0.15, -0.1) is 18.2 Å². The molecule has 10 heavy (non-hydrogen) atoms. The second-order valence-electron chi connectivity index (χ2n) is 2.95. The zero-order valence-electron chi connectivity index (χ0n) is 6.53. The van der Waals surface area contributed by atoms with E-state index < -0.39 is 7.38 Å². The van der Waals surface area contributed by atoms with Crippen molar-refractivity contribution in [3.05, 3.63) is 12.3 Å². The van der Waals surface area contributed by atoms with Crippen molar-refractivity contribution in [1.82, 2.24) is 0 Å². The number of halogens is 2. The van der Waals surface area contributed by atoms with Gasteiger partial charge >= 0.3 is 0 Å². The molecule has 0 bridgehead atoms. The molecule has 2 unspecified atom stereocenters. The van der Waals surface area contributed by atoms with Crippen LogP contribution in [-0.4, -0.2) is 13.3 Å². The van der Waals surface area contributed by atoms with Crippen molar-refractivity contribution in [2.75, 3.05) is 5.88 Å². The van der Waals surface area contributed by atoms with E-state index in [-0.39, 0.29) is 0 Å². The Morgan fingerprint density at radius 2 is 2.20 bits per heavy atom. The first-order valence-electron chi connectivity index (χ1n) is 3.40. The Labute approximate surface area is 73.9 Å². The monoisotopic (exact) mass is 196 g/mol. The zero-order valence-corrected chi connectivity index (χ0v) is 9.04. The van der Waals surface area contributed by atoms with E-state index in [1.165, 1.54) is 0 Å². The van der Waals surface area contributed by atoms with E-state index in [4.69, 9.17) is 22.7 Å². The summed E-state index contributed by atoms with van der Waals surface area (Å²) in [6, 6.07) is 1.03. The summed E-state index contributed by atoms with van der Waals surface area (Å²) < 4.78 is 0. The van der Waals surface area contributed by atoms with Gasteiger partial charge in [-0.25, -0.2) is 0 Å². The topological polar surface area (TPSA) is 0 Å². The van der Waals surface area contributed by atoms with Gasteiger partial charge in [0.1, 0.15) is 0 Å². The summed E-state index contributed by atoms with van der Waals surface area (Å²) in [5.41, 5.74) is 1.90. The second-order valence-corrected chi connectivity index (χ2v) is 9.22. The van der Waals surface area contributed by atoms with Gasteiger partial charge < -0.3 is 0 Å². The molecule has 0 fully saturated rings. The van der Waals surface area contributed by atoms with Gasteiger partial charge in [-0.1, -0.05) is 19.2 Å². The third-order valence-corrected chi connectivity index (χ3v) is 5.24. The molecule has 0 saturated heterocycles. The standard InChI is InChI=1S/C7H14Cl2Si/c1-4-10(3,9)6-7(2)5-8/h4,7H,1,5-6H2,2-3H3. The Kier molecular flexibility index (Phi) is 4.66. The summed E-state index contributed by atoms with van der Waals surface area (Å²) in [5, 5.41) is 0. The van der Waals surface area contributed by atoms with E-state index in [1.54, 1.807) is 0 Å². The molecule has 2 atom stereocenters. The molecule has 0 aromatic rings. The van der Waals surface area contributed by atoms with Gasteiger partial charge in [-0.3, -0.25) is 0 Å². The zero-order chi connectivity index (χ0) is 8.20. The first-order chi connectivity index (χ1) is 4.52. The molecule has 0 nitrogen and oxygen atoms in total. The summed E-state index contributed by atoms with van der Waals surface area (Å²) in [5.74, 6) is 1.22. The molecule has 0 saturated carbocycles. The fourth-order valence-corrected chi connectivity index (χ4v) is 3.58. The average molecular weight is 197 g/mol. The highest BCUT2D eigenvalue weighted by molar-refractivity contribution is 7.22. The van der Waals surface area contributed by atoms with Crippen LogP contribution in [0.25, 0.3) is 0 Å². The predicted molar refractivity (Wildman–Crippen MR) is 52.4 cm³/mol. The molecule has 0 radical (unpaired) electrons. The highest BCUT2D eigenvalue weighted by atomic mass is 35.6. The Balaban J connectivity index is 3.75. The van der Waals surface area contributed by atoms with E-state index in [9.17, 15) is 0 Å². The minimum Gasteiger partial charge on any atom is -0.162 e. The lowest BCUT2D eigenvalue weighted by molar-refractivity contribution is 0.734. The molecule has 60 valence electrons. The molecule has 0 spiro atoms. The SMILES string of the molecule is C=C[Si](C)(Cl)CC(C)CCl. The van der Waals surface area contributed by atoms with Crippen LogP contribution in [-0.2, 0) is 0 Å². The smallest absolute Gasteiger partial charge is 0.162 e. The molecular weight excluding hydrogens is 183 g/mol. The molecule has 0 N–H and O–H groups in total. The fourth-order valence-electron chi connectivity index (χ4n) is 0.819. The van der Waals surface area contributed by atoms with Crippen molar-refractivity contribution in [2.24, 2.45) is 5.92 Å². The van der Waals surface area contributed by atoms with Gasteiger partial charge in [0, 0.05) is 5.88 Å². The van der Waals surface area contributed by atoms with Crippen molar-refractivity contribution < 1.29 is 0 Å². The van der Waals surface area contributed by atoms with Crippen LogP contribution in [0.3, 0.4) is 0 Å². The van der Waals surface area contributed by atoms with Crippen LogP contribution in [0.1, 0.15) is 6.92 Å². The molecule has 0 aliphatic heterocycles. The lowest BCUT2D eigenvalue weighted by atomic mass is 10.3. The molecule has 0 rings (SSSR count). The number of hydrogen-bond donors (Lipinski definition) is 0. The van der Waals surface area contributed by atoms with E-state index in [1.807, 2.05) is 5.70 Å². The Hall–Kier alpha value is 0.537. The Morgan fingerprint density at radius 3 is 2.50 bits per heavy atom. The molecule has 0 aliphatic carbocycles. The summed E-state index contributed by atoms with van der Waals surface area (Å²) in [6.07, 6.45) is 0. The van der Waals surface area contributed by atoms with E-state index in [0.717, 1.165) is 6.04 Å². The first-order valence-corrected chi connectivity index (χ1v) is 7.73. The second kappa shape index (κ2) is 4.42. The van der Waals surface area contributed by atoms with Gasteiger partial charge in [0.25, 0.3) is 0 Å². The lowest BCUT2D eigenvalue weighted by Gasteiger charge is -2.17. The summed E-state index contributed by atoms with van der Waals surface area (Å²) in [6.45, 7) is 7.91. The fraction of sp³-hybridized carbons (Fsp3) is 0.714. The van der Waals surface area contributed by atoms with Crippen LogP contribution in [0.15, 0.2) is 12.3 Å². The van der Waals surface area contributed by atoms with Crippen molar-refractivity contribution in [3.8, 4) is 0 Å². The van der Waals surface area contributed by atoms with Gasteiger partial charge in [0.15, 0.2) is 7.38 Å². The van der Waals surface area contributed by atoms with E-state index in [0.29, 0.717) is 11.8 Å². The lowest BCUT2D eigenvalue weighted by Crippen LogP contribution is -2.22. The minimum absolute atomic E-state index is 0.522. The summed E-state index contributed by atoms with van der Waals surface area (Å²) >= 11 is 11.8. The minimum atomic E-state index is -1.61.